The molecular weight excluding hydrogens is 1010 g/mol. The average Bonchev–Trinajstić information content (AvgIpc) is 3.58. The lowest BCUT2D eigenvalue weighted by molar-refractivity contribution is -0.138. The maximum absolute atomic E-state index is 14.4. The molecule has 1 aliphatic heterocycles. The number of rotatable bonds is 35. The van der Waals surface area contributed by atoms with Crippen molar-refractivity contribution in [3.8, 4) is 0 Å². The molecule has 0 aromatic heterocycles. The number of aliphatic carboxylic acids is 1. The fourth-order valence-corrected chi connectivity index (χ4v) is 7.59. The van der Waals surface area contributed by atoms with E-state index in [1.807, 2.05) is 0 Å². The van der Waals surface area contributed by atoms with Crippen LogP contribution in [0, 0.1) is 5.92 Å². The highest BCUT2D eigenvalue weighted by Crippen LogP contribution is 2.27. The van der Waals surface area contributed by atoms with Gasteiger partial charge in [-0.15, -0.1) is 0 Å². The Hall–Kier alpha value is -8.15. The van der Waals surface area contributed by atoms with Gasteiger partial charge in [0.2, 0.25) is 47.3 Å². The molecule has 428 valence electrons. The van der Waals surface area contributed by atoms with Gasteiger partial charge in [0, 0.05) is 39.3 Å². The van der Waals surface area contributed by atoms with Gasteiger partial charge in [-0.25, -0.2) is 0 Å². The Morgan fingerprint density at radius 2 is 1.09 bits per heavy atom. The third-order valence-corrected chi connectivity index (χ3v) is 11.7. The minimum Gasteiger partial charge on any atom is -0.481 e. The Balaban J connectivity index is 2.57. The van der Waals surface area contributed by atoms with Gasteiger partial charge in [-0.05, 0) is 95.4 Å². The Kier molecular flexibility index (Phi) is 27.3. The van der Waals surface area contributed by atoms with Crippen molar-refractivity contribution in [2.45, 2.75) is 127 Å². The molecule has 10 amide bonds. The van der Waals surface area contributed by atoms with Crippen LogP contribution in [0.2, 0.25) is 0 Å². The second-order valence-electron chi connectivity index (χ2n) is 18.9. The van der Waals surface area contributed by atoms with Crippen LogP contribution in [0.25, 0.3) is 0 Å². The number of benzene rings is 1. The summed E-state index contributed by atoms with van der Waals surface area (Å²) in [5.74, 6) is -11.0. The van der Waals surface area contributed by atoms with Crippen LogP contribution in [0.1, 0.15) is 106 Å². The number of nitrogens with zero attached hydrogens (tertiary/aromatic N) is 4. The second-order valence-corrected chi connectivity index (χ2v) is 18.9. The smallest absolute Gasteiger partial charge is 0.303 e. The summed E-state index contributed by atoms with van der Waals surface area (Å²) in [5.41, 5.74) is 39.4. The number of fused-ring (bicyclic) bond motifs is 1. The first-order valence-corrected chi connectivity index (χ1v) is 25.0. The van der Waals surface area contributed by atoms with Crippen LogP contribution >= 0.6 is 0 Å². The molecule has 0 spiro atoms. The van der Waals surface area contributed by atoms with E-state index in [9.17, 15) is 52.7 Å². The number of carbonyl (C=O) groups is 11. The molecule has 30 nitrogen and oxygen atoms in total. The molecule has 2 rings (SSSR count). The van der Waals surface area contributed by atoms with Gasteiger partial charge >= 0.3 is 5.97 Å². The number of nitrogens with one attached hydrogen (secondary N) is 7. The number of guanidine groups is 2. The summed E-state index contributed by atoms with van der Waals surface area (Å²) in [6, 6.07) is -5.12. The van der Waals surface area contributed by atoms with Gasteiger partial charge in [-0.2, -0.15) is 0 Å². The molecule has 7 atom stereocenters. The molecule has 22 N–H and O–H groups in total. The lowest BCUT2D eigenvalue weighted by atomic mass is 10.0. The molecule has 0 radical (unpaired) electrons. The molecule has 0 bridgehead atoms. The highest BCUT2D eigenvalue weighted by atomic mass is 16.4. The van der Waals surface area contributed by atoms with Gasteiger partial charge in [0.25, 0.3) is 11.8 Å². The molecule has 1 heterocycles. The summed E-state index contributed by atoms with van der Waals surface area (Å²) in [6.07, 6.45) is 0.132. The van der Waals surface area contributed by atoms with Crippen molar-refractivity contribution in [3.05, 3.63) is 29.3 Å². The standard InChI is InChI=1S/C47H78N18O12/c1-24(2)20-33(43(75)63-34(39(71)57-22-35(66)58-29(37(50)69)15-16-36(67)68)23-65-44(76)27-14-13-26(64(4)5)21-28(27)45(65)77)62-42(74)32(12-9-19-56-47(53)54)61-41(73)31(11-8-18-55-46(51)52)60-40(72)30(10-6-7-17-48)59-38(70)25(3)49/h13-14,21,24-25,29-34H,6-12,15-20,22-23,48-49H2,1-5H3,(H2,50,69)(H,57,71)(H,58,66)(H,59,70)(H,60,72)(H,61,73)(H,62,74)(H,63,75)(H,67,68)(H4,51,52,55)(H4,53,54,56)/t25-,29-,30-,31-,32-,33-,34-/m0/s1. The van der Waals surface area contributed by atoms with Crippen molar-refractivity contribution >= 4 is 82.6 Å². The molecule has 0 saturated heterocycles. The van der Waals surface area contributed by atoms with Gasteiger partial charge in [0.1, 0.15) is 36.3 Å². The number of carboxylic acids is 1. The molecule has 0 fully saturated rings. The first-order chi connectivity index (χ1) is 36.2. The first kappa shape index (κ1) is 65.0. The van der Waals surface area contributed by atoms with Crippen molar-refractivity contribution < 1.29 is 57.8 Å². The highest BCUT2D eigenvalue weighted by molar-refractivity contribution is 6.22. The number of aliphatic imine (C=N–C) groups is 2. The monoisotopic (exact) mass is 1090 g/mol. The number of carbonyl (C=O) groups excluding carboxylic acids is 10. The van der Waals surface area contributed by atoms with E-state index in [1.54, 1.807) is 38.9 Å². The highest BCUT2D eigenvalue weighted by Gasteiger charge is 2.40. The number of carboxylic acid groups (broad SMARTS) is 1. The van der Waals surface area contributed by atoms with Crippen molar-refractivity contribution in [1.82, 2.24) is 42.1 Å². The number of primary amides is 1. The molecule has 0 aliphatic carbocycles. The van der Waals surface area contributed by atoms with E-state index in [0.717, 1.165) is 4.90 Å². The first-order valence-electron chi connectivity index (χ1n) is 25.0. The number of anilines is 1. The van der Waals surface area contributed by atoms with Crippen molar-refractivity contribution in [2.75, 3.05) is 51.7 Å². The SMILES string of the molecule is CC(C)C[C@H](NC(=O)[C@H](CCCN=C(N)N)NC(=O)[C@H](CCCN=C(N)N)NC(=O)[C@H](CCCCN)NC(=O)[C@H](C)N)C(=O)N[C@@H](CN1C(=O)c2ccc(N(C)C)cc2C1=O)C(=O)NCC(=O)N[C@@H](CCC(=O)O)C(N)=O. The van der Waals surface area contributed by atoms with Crippen LogP contribution in [-0.4, -0.2) is 176 Å². The Bertz CT molecular complexity index is 2340. The summed E-state index contributed by atoms with van der Waals surface area (Å²) < 4.78 is 0. The third-order valence-electron chi connectivity index (χ3n) is 11.7. The summed E-state index contributed by atoms with van der Waals surface area (Å²) >= 11 is 0. The summed E-state index contributed by atoms with van der Waals surface area (Å²) in [4.78, 5) is 157. The van der Waals surface area contributed by atoms with E-state index in [1.165, 1.54) is 19.1 Å². The normalized spacial score (nSPS) is 14.5. The number of unbranched alkanes of at least 4 members (excludes halogenated alkanes) is 1. The van der Waals surface area contributed by atoms with E-state index in [4.69, 9.17) is 45.2 Å². The predicted molar refractivity (Wildman–Crippen MR) is 283 cm³/mol. The van der Waals surface area contributed by atoms with Crippen molar-refractivity contribution in [3.63, 3.8) is 0 Å². The summed E-state index contributed by atoms with van der Waals surface area (Å²) in [6.45, 7) is 3.57. The zero-order chi connectivity index (χ0) is 58.1. The van der Waals surface area contributed by atoms with E-state index < -0.39 is 127 Å². The molecule has 77 heavy (non-hydrogen) atoms. The number of hydrogen-bond donors (Lipinski definition) is 15. The predicted octanol–water partition coefficient (Wildman–Crippen LogP) is -5.65. The van der Waals surface area contributed by atoms with Crippen molar-refractivity contribution in [1.29, 1.82) is 0 Å². The maximum atomic E-state index is 14.4. The number of hydrogen-bond acceptors (Lipinski definition) is 16. The van der Waals surface area contributed by atoms with E-state index in [2.05, 4.69) is 47.2 Å². The lowest BCUT2D eigenvalue weighted by Gasteiger charge is -2.28. The number of imide groups is 1. The van der Waals surface area contributed by atoms with Crippen LogP contribution in [0.4, 0.5) is 5.69 Å². The topological polar surface area (TPSA) is 506 Å². The number of nitrogens with two attached hydrogens (primary N) is 7. The summed E-state index contributed by atoms with van der Waals surface area (Å²) in [7, 11) is 3.43. The molecule has 0 saturated carbocycles. The second kappa shape index (κ2) is 32.3. The Morgan fingerprint density at radius 3 is 1.56 bits per heavy atom. The molecule has 0 unspecified atom stereocenters. The minimum atomic E-state index is -1.80. The van der Waals surface area contributed by atoms with Gasteiger partial charge in [0.15, 0.2) is 11.9 Å². The lowest BCUT2D eigenvalue weighted by Crippen LogP contribution is -2.61. The largest absolute Gasteiger partial charge is 0.481 e. The Labute approximate surface area is 445 Å². The van der Waals surface area contributed by atoms with Crippen molar-refractivity contribution in [2.24, 2.45) is 56.0 Å². The van der Waals surface area contributed by atoms with Crippen LogP contribution in [0.15, 0.2) is 28.2 Å². The molecule has 1 aromatic carbocycles. The van der Waals surface area contributed by atoms with E-state index >= 15 is 0 Å². The molecule has 30 heteroatoms. The van der Waals surface area contributed by atoms with E-state index in [0.29, 0.717) is 25.1 Å². The average molecular weight is 1090 g/mol. The van der Waals surface area contributed by atoms with Crippen LogP contribution in [0.5, 0.6) is 0 Å². The molecule has 1 aliphatic rings. The third kappa shape index (κ3) is 22.7. The maximum Gasteiger partial charge on any atom is 0.303 e. The quantitative estimate of drug-likeness (QED) is 0.0130. The summed E-state index contributed by atoms with van der Waals surface area (Å²) in [5, 5.41) is 26.6. The minimum absolute atomic E-state index is 0.00504. The van der Waals surface area contributed by atoms with Crippen LogP contribution in [-0.2, 0) is 43.2 Å². The fraction of sp³-hybridized carbons (Fsp3) is 0.596. The van der Waals surface area contributed by atoms with Crippen LogP contribution < -0.4 is 82.3 Å². The van der Waals surface area contributed by atoms with Gasteiger partial charge in [-0.1, -0.05) is 13.8 Å². The molecular formula is C47H78N18O12. The molecule has 1 aromatic rings. The zero-order valence-electron chi connectivity index (χ0n) is 44.2. The number of amides is 10. The fourth-order valence-electron chi connectivity index (χ4n) is 7.59. The Morgan fingerprint density at radius 1 is 0.610 bits per heavy atom. The van der Waals surface area contributed by atoms with E-state index in [-0.39, 0.29) is 87.0 Å². The zero-order valence-corrected chi connectivity index (χ0v) is 44.2. The van der Waals surface area contributed by atoms with Gasteiger partial charge < -0.3 is 87.4 Å². The van der Waals surface area contributed by atoms with Gasteiger partial charge in [-0.3, -0.25) is 67.6 Å². The van der Waals surface area contributed by atoms with Gasteiger partial charge in [0.05, 0.1) is 30.3 Å². The van der Waals surface area contributed by atoms with Crippen LogP contribution in [0.3, 0.4) is 0 Å².